The number of nitrogens with zero attached hydrogens (tertiary/aromatic N) is 2. The number of anilines is 2. The van der Waals surface area contributed by atoms with Crippen LogP contribution in [0.25, 0.3) is 21.3 Å². The Morgan fingerprint density at radius 2 is 2.09 bits per heavy atom. The summed E-state index contributed by atoms with van der Waals surface area (Å²) >= 11 is 1.16. The molecule has 1 atom stereocenters. The largest absolute Gasteiger partial charge is 0.352 e. The fraction of sp³-hybridized carbons (Fsp3) is 0.200. The lowest BCUT2D eigenvalue weighted by molar-refractivity contribution is -0.125. The number of amides is 1. The summed E-state index contributed by atoms with van der Waals surface area (Å²) in [5.74, 6) is 0.0864. The normalized spacial score (nSPS) is 15.3. The molecule has 1 aliphatic carbocycles. The molecule has 1 amide bonds. The van der Waals surface area contributed by atoms with Crippen LogP contribution in [-0.4, -0.2) is 25.8 Å². The molecule has 3 aromatic heterocycles. The first-order valence-corrected chi connectivity index (χ1v) is 12.1. The predicted molar refractivity (Wildman–Crippen MR) is 133 cm³/mol. The highest BCUT2D eigenvalue weighted by Gasteiger charge is 2.29. The predicted octanol–water partition coefficient (Wildman–Crippen LogP) is 4.16. The molecule has 0 unspecified atom stereocenters. The van der Waals surface area contributed by atoms with Gasteiger partial charge in [-0.2, -0.15) is 0 Å². The van der Waals surface area contributed by atoms with Crippen molar-refractivity contribution in [3.63, 3.8) is 0 Å². The van der Waals surface area contributed by atoms with Crippen molar-refractivity contribution < 1.29 is 9.18 Å². The number of carbonyl (C=O) groups is 1. The van der Waals surface area contributed by atoms with Crippen molar-refractivity contribution >= 4 is 50.0 Å². The topological polar surface area (TPSA) is 116 Å². The van der Waals surface area contributed by atoms with Crippen LogP contribution in [0, 0.1) is 11.7 Å². The van der Waals surface area contributed by atoms with Gasteiger partial charge in [-0.05, 0) is 60.7 Å². The summed E-state index contributed by atoms with van der Waals surface area (Å²) in [6, 6.07) is 11.9. The zero-order valence-electron chi connectivity index (χ0n) is 18.5. The van der Waals surface area contributed by atoms with E-state index in [-0.39, 0.29) is 29.1 Å². The zero-order valence-corrected chi connectivity index (χ0v) is 19.3. The molecule has 4 N–H and O–H groups in total. The summed E-state index contributed by atoms with van der Waals surface area (Å²) in [6.07, 6.45) is 3.51. The Kier molecular flexibility index (Phi) is 5.29. The third kappa shape index (κ3) is 4.17. The third-order valence-electron chi connectivity index (χ3n) is 6.39. The van der Waals surface area contributed by atoms with E-state index >= 15 is 0 Å². The van der Waals surface area contributed by atoms with Gasteiger partial charge in [-0.25, -0.2) is 14.4 Å². The fourth-order valence-corrected chi connectivity index (χ4v) is 5.48. The third-order valence-corrected chi connectivity index (χ3v) is 7.23. The second-order valence-electron chi connectivity index (χ2n) is 8.67. The summed E-state index contributed by atoms with van der Waals surface area (Å²) in [5.41, 5.74) is 5.16. The molecule has 0 bridgehead atoms. The molecule has 0 fully saturated rings. The van der Waals surface area contributed by atoms with Crippen LogP contribution >= 0.6 is 11.3 Å². The Morgan fingerprint density at radius 1 is 1.17 bits per heavy atom. The van der Waals surface area contributed by atoms with E-state index in [9.17, 15) is 14.0 Å². The van der Waals surface area contributed by atoms with Crippen molar-refractivity contribution in [1.29, 1.82) is 0 Å². The first-order valence-electron chi connectivity index (χ1n) is 11.3. The minimum absolute atomic E-state index is 0.0477. The minimum Gasteiger partial charge on any atom is -0.352 e. The van der Waals surface area contributed by atoms with Gasteiger partial charge >= 0.3 is 4.87 Å². The number of H-pyrrole nitrogens is 2. The van der Waals surface area contributed by atoms with Crippen LogP contribution in [0.5, 0.6) is 0 Å². The molecule has 0 radical (unpaired) electrons. The summed E-state index contributed by atoms with van der Waals surface area (Å²) in [5, 5.41) is 7.18. The quantitative estimate of drug-likeness (QED) is 0.296. The zero-order chi connectivity index (χ0) is 23.9. The molecule has 0 saturated carbocycles. The second-order valence-corrected chi connectivity index (χ2v) is 9.68. The highest BCUT2D eigenvalue weighted by molar-refractivity contribution is 7.16. The van der Waals surface area contributed by atoms with Crippen LogP contribution in [0.2, 0.25) is 0 Å². The lowest BCUT2D eigenvalue weighted by Gasteiger charge is -2.22. The number of benzene rings is 2. The van der Waals surface area contributed by atoms with E-state index in [1.165, 1.54) is 18.5 Å². The molecular weight excluding hydrogens is 467 g/mol. The number of fused-ring (bicyclic) bond motifs is 4. The van der Waals surface area contributed by atoms with Gasteiger partial charge in [-0.3, -0.25) is 9.59 Å². The van der Waals surface area contributed by atoms with Crippen molar-refractivity contribution in [2.24, 2.45) is 5.92 Å². The van der Waals surface area contributed by atoms with Gasteiger partial charge < -0.3 is 20.6 Å². The number of aromatic amines is 2. The molecule has 8 nitrogen and oxygen atoms in total. The van der Waals surface area contributed by atoms with Gasteiger partial charge in [-0.15, -0.1) is 0 Å². The Balaban J connectivity index is 1.25. The second kappa shape index (κ2) is 8.62. The van der Waals surface area contributed by atoms with E-state index in [1.807, 2.05) is 18.2 Å². The number of thiazole rings is 1. The monoisotopic (exact) mass is 488 g/mol. The van der Waals surface area contributed by atoms with E-state index in [2.05, 4.69) is 30.6 Å². The van der Waals surface area contributed by atoms with Gasteiger partial charge in [0.1, 0.15) is 23.6 Å². The van der Waals surface area contributed by atoms with Crippen molar-refractivity contribution in [1.82, 2.24) is 25.3 Å². The van der Waals surface area contributed by atoms with Crippen LogP contribution in [0.3, 0.4) is 0 Å². The standard InChI is InChI=1S/C25H21FN6O2S/c26-15-3-1-2-13(8-15)11-27-24(33)14-4-6-18-17(9-14)21-22(28-12-29-23(21)31-18)30-16-5-7-19-20(10-16)35-25(34)32-19/h1-3,5,7-8,10,12,14H,4,6,9,11H2,(H,27,33)(H,32,34)(H2,28,29,30,31)/t14-/m0/s1. The van der Waals surface area contributed by atoms with Gasteiger partial charge in [0.2, 0.25) is 5.91 Å². The van der Waals surface area contributed by atoms with E-state index in [0.29, 0.717) is 18.7 Å². The van der Waals surface area contributed by atoms with E-state index < -0.39 is 0 Å². The van der Waals surface area contributed by atoms with E-state index in [4.69, 9.17) is 0 Å². The van der Waals surface area contributed by atoms with Crippen LogP contribution in [0.4, 0.5) is 15.9 Å². The molecule has 6 rings (SSSR count). The van der Waals surface area contributed by atoms with Gasteiger partial charge in [-0.1, -0.05) is 23.5 Å². The molecule has 35 heavy (non-hydrogen) atoms. The lowest BCUT2D eigenvalue weighted by Crippen LogP contribution is -2.33. The first kappa shape index (κ1) is 21.5. The maximum atomic E-state index is 13.4. The average Bonchev–Trinajstić information content (AvgIpc) is 3.41. The van der Waals surface area contributed by atoms with E-state index in [0.717, 1.165) is 61.5 Å². The number of hydrogen-bond acceptors (Lipinski definition) is 6. The molecule has 3 heterocycles. The summed E-state index contributed by atoms with van der Waals surface area (Å²) in [7, 11) is 0. The molecule has 0 saturated heterocycles. The Bertz CT molecular complexity index is 1640. The molecule has 5 aromatic rings. The molecule has 2 aromatic carbocycles. The number of hydrogen-bond donors (Lipinski definition) is 4. The maximum absolute atomic E-state index is 13.4. The number of rotatable bonds is 5. The van der Waals surface area contributed by atoms with Crippen molar-refractivity contribution in [3.05, 3.63) is 81.1 Å². The minimum atomic E-state index is -0.317. The van der Waals surface area contributed by atoms with Crippen molar-refractivity contribution in [2.75, 3.05) is 5.32 Å². The number of aryl methyl sites for hydroxylation is 1. The Labute approximate surface area is 202 Å². The van der Waals surface area contributed by atoms with E-state index in [1.54, 1.807) is 12.1 Å². The number of aromatic nitrogens is 4. The number of halogens is 1. The van der Waals surface area contributed by atoms with Crippen molar-refractivity contribution in [3.8, 4) is 0 Å². The summed E-state index contributed by atoms with van der Waals surface area (Å²) in [4.78, 5) is 39.6. The lowest BCUT2D eigenvalue weighted by atomic mass is 9.86. The van der Waals surface area contributed by atoms with Gasteiger partial charge in [0.25, 0.3) is 0 Å². The molecule has 176 valence electrons. The highest BCUT2D eigenvalue weighted by atomic mass is 32.1. The van der Waals surface area contributed by atoms with Crippen LogP contribution in [0.15, 0.2) is 53.6 Å². The van der Waals surface area contributed by atoms with Gasteiger partial charge in [0.15, 0.2) is 0 Å². The number of nitrogens with one attached hydrogen (secondary N) is 4. The Morgan fingerprint density at radius 3 is 2.97 bits per heavy atom. The van der Waals surface area contributed by atoms with Crippen LogP contribution in [-0.2, 0) is 24.2 Å². The molecular formula is C25H21FN6O2S. The number of carbonyl (C=O) groups excluding carboxylic acids is 1. The van der Waals surface area contributed by atoms with Gasteiger partial charge in [0, 0.05) is 23.8 Å². The summed E-state index contributed by atoms with van der Waals surface area (Å²) < 4.78 is 14.3. The Hall–Kier alpha value is -4.05. The maximum Gasteiger partial charge on any atom is 0.305 e. The van der Waals surface area contributed by atoms with Crippen LogP contribution < -0.4 is 15.5 Å². The van der Waals surface area contributed by atoms with Gasteiger partial charge in [0.05, 0.1) is 15.6 Å². The molecule has 10 heteroatoms. The first-order chi connectivity index (χ1) is 17.0. The van der Waals surface area contributed by atoms with Crippen LogP contribution in [0.1, 0.15) is 23.2 Å². The average molecular weight is 489 g/mol. The molecule has 0 spiro atoms. The van der Waals surface area contributed by atoms with Crippen molar-refractivity contribution in [2.45, 2.75) is 25.8 Å². The molecule has 1 aliphatic rings. The smallest absolute Gasteiger partial charge is 0.305 e. The fourth-order valence-electron chi connectivity index (χ4n) is 4.70. The summed E-state index contributed by atoms with van der Waals surface area (Å²) in [6.45, 7) is 0.289. The SMILES string of the molecule is O=C(NCc1cccc(F)c1)[C@H]1CCc2[nH]c3ncnc(Nc4ccc5[nH]c(=O)sc5c4)c3c2C1. The molecule has 0 aliphatic heterocycles. The highest BCUT2D eigenvalue weighted by Crippen LogP contribution is 2.35.